The lowest BCUT2D eigenvalue weighted by atomic mass is 10.3. The number of hydrogen-bond acceptors (Lipinski definition) is 7. The molecule has 2 aromatic heterocycles. The van der Waals surface area contributed by atoms with Crippen molar-refractivity contribution >= 4 is 35.1 Å². The summed E-state index contributed by atoms with van der Waals surface area (Å²) in [7, 11) is 1.14. The van der Waals surface area contributed by atoms with Crippen LogP contribution in [0.1, 0.15) is 67.3 Å². The van der Waals surface area contributed by atoms with Crippen molar-refractivity contribution in [1.29, 1.82) is 0 Å². The highest BCUT2D eigenvalue weighted by Crippen LogP contribution is 2.24. The molecule has 158 valence electrons. The van der Waals surface area contributed by atoms with Crippen LogP contribution in [0.15, 0.2) is 24.5 Å². The average Bonchev–Trinajstić information content (AvgIpc) is 2.83. The minimum absolute atomic E-state index is 0.0433. The van der Waals surface area contributed by atoms with Crippen molar-refractivity contribution in [1.82, 2.24) is 9.97 Å². The van der Waals surface area contributed by atoms with Crippen LogP contribution in [0.2, 0.25) is 10.0 Å². The van der Waals surface area contributed by atoms with Crippen LogP contribution in [0.5, 0.6) is 11.8 Å². The standard InChI is InChI=1S/C10H12ClNO3.C9H10ClNO3/c1-6(2)15-9-8(11)4-7(5-12-9)10(13)14-3;1-5(2)14-8-7(10)3-6(4-11-8)9(12)13/h4-6H,1-3H3;3-5H,1-2H3,(H,12,13)/i1D3,2D3,6D;1D3,2D3,5D. The molecule has 0 amide bonds. The van der Waals surface area contributed by atoms with E-state index in [9.17, 15) is 9.59 Å². The minimum Gasteiger partial charge on any atom is -0.478 e. The van der Waals surface area contributed by atoms with Crippen molar-refractivity contribution in [2.24, 2.45) is 0 Å². The number of carboxylic acids is 1. The van der Waals surface area contributed by atoms with Crippen LogP contribution in [0.3, 0.4) is 0 Å². The average molecular weight is 459 g/mol. The van der Waals surface area contributed by atoms with Gasteiger partial charge in [-0.1, -0.05) is 23.2 Å². The van der Waals surface area contributed by atoms with Gasteiger partial charge in [-0.3, -0.25) is 0 Å². The second kappa shape index (κ2) is 11.4. The van der Waals surface area contributed by atoms with Crippen molar-refractivity contribution < 1.29 is 48.1 Å². The van der Waals surface area contributed by atoms with Crippen molar-refractivity contribution in [2.45, 2.75) is 39.6 Å². The van der Waals surface area contributed by atoms with Crippen molar-refractivity contribution in [2.75, 3.05) is 7.11 Å². The number of hydrogen-bond donors (Lipinski definition) is 1. The molecule has 0 unspecified atom stereocenters. The fourth-order valence-electron chi connectivity index (χ4n) is 1.54. The maximum absolute atomic E-state index is 11.3. The summed E-state index contributed by atoms with van der Waals surface area (Å²) in [6, 6.07) is 1.97. The van der Waals surface area contributed by atoms with Gasteiger partial charge in [0.2, 0.25) is 11.8 Å². The van der Waals surface area contributed by atoms with Crippen molar-refractivity contribution in [3.63, 3.8) is 0 Å². The molecule has 0 bridgehead atoms. The summed E-state index contributed by atoms with van der Waals surface area (Å²) in [5.74, 6) is -3.31. The lowest BCUT2D eigenvalue weighted by Crippen LogP contribution is -2.08. The number of nitrogens with zero attached hydrogens (tertiary/aromatic N) is 2. The van der Waals surface area contributed by atoms with Crippen molar-refractivity contribution in [3.05, 3.63) is 45.7 Å². The molecule has 0 saturated heterocycles. The number of carboxylic acid groups (broad SMARTS) is 1. The molecule has 2 rings (SSSR count). The predicted molar refractivity (Wildman–Crippen MR) is 108 cm³/mol. The molecule has 0 aliphatic heterocycles. The minimum atomic E-state index is -3.31. The van der Waals surface area contributed by atoms with E-state index in [-0.39, 0.29) is 16.1 Å². The van der Waals surface area contributed by atoms with Crippen LogP contribution in [0.4, 0.5) is 0 Å². The van der Waals surface area contributed by atoms with E-state index in [2.05, 4.69) is 14.7 Å². The Bertz CT molecular complexity index is 1300. The number of carbonyl (C=O) groups excluding carboxylic acids is 1. The van der Waals surface area contributed by atoms with Gasteiger partial charge >= 0.3 is 11.9 Å². The Labute approximate surface area is 198 Å². The highest BCUT2D eigenvalue weighted by Gasteiger charge is 2.12. The van der Waals surface area contributed by atoms with Gasteiger partial charge in [0.1, 0.15) is 10.0 Å². The highest BCUT2D eigenvalue weighted by atomic mass is 35.5. The number of halogens is 2. The van der Waals surface area contributed by atoms with E-state index in [4.69, 9.17) is 57.0 Å². The van der Waals surface area contributed by atoms with E-state index in [0.29, 0.717) is 0 Å². The van der Waals surface area contributed by atoms with E-state index in [1.54, 1.807) is 0 Å². The van der Waals surface area contributed by atoms with Crippen LogP contribution >= 0.6 is 23.2 Å². The molecule has 10 heteroatoms. The molecule has 0 saturated carbocycles. The maximum Gasteiger partial charge on any atom is 0.339 e. The van der Waals surface area contributed by atoms with Crippen LogP contribution in [-0.4, -0.2) is 46.3 Å². The molecule has 29 heavy (non-hydrogen) atoms. The van der Waals surface area contributed by atoms with Crippen LogP contribution in [0, 0.1) is 0 Å². The Morgan fingerprint density at radius 2 is 1.45 bits per heavy atom. The van der Waals surface area contributed by atoms with E-state index in [1.165, 1.54) is 0 Å². The van der Waals surface area contributed by atoms with Crippen LogP contribution in [0.25, 0.3) is 0 Å². The Morgan fingerprint density at radius 3 is 1.83 bits per heavy atom. The summed E-state index contributed by atoms with van der Waals surface area (Å²) < 4.78 is 116. The third kappa shape index (κ3) is 8.13. The second-order valence-corrected chi connectivity index (χ2v) is 5.50. The Kier molecular flexibility index (Phi) is 4.12. The van der Waals surface area contributed by atoms with Crippen LogP contribution < -0.4 is 9.47 Å². The monoisotopic (exact) mass is 458 g/mol. The fraction of sp³-hybridized carbons (Fsp3) is 0.368. The number of esters is 1. The Hall–Kier alpha value is -2.58. The summed E-state index contributed by atoms with van der Waals surface area (Å²) in [4.78, 5) is 29.1. The normalized spacial score (nSPS) is 19.8. The van der Waals surface area contributed by atoms with Gasteiger partial charge in [0, 0.05) is 28.8 Å². The molecule has 0 aromatic carbocycles. The van der Waals surface area contributed by atoms with Gasteiger partial charge in [-0.05, 0) is 39.5 Å². The van der Waals surface area contributed by atoms with Gasteiger partial charge in [0.25, 0.3) is 0 Å². The smallest absolute Gasteiger partial charge is 0.339 e. The largest absolute Gasteiger partial charge is 0.478 e. The van der Waals surface area contributed by atoms with Crippen molar-refractivity contribution in [3.8, 4) is 11.8 Å². The Balaban J connectivity index is 0.000000430. The van der Waals surface area contributed by atoms with E-state index in [0.717, 1.165) is 31.6 Å². The van der Waals surface area contributed by atoms with Gasteiger partial charge in [-0.2, -0.15) is 0 Å². The molecule has 0 aliphatic carbocycles. The number of carbonyl (C=O) groups is 2. The number of methoxy groups -OCH3 is 1. The van der Waals surface area contributed by atoms with E-state index < -0.39 is 68.3 Å². The third-order valence-corrected chi connectivity index (χ3v) is 3.22. The third-order valence-electron chi connectivity index (χ3n) is 2.68. The molecule has 1 N–H and O–H groups in total. The molecule has 0 atom stereocenters. The quantitative estimate of drug-likeness (QED) is 0.628. The van der Waals surface area contributed by atoms with E-state index >= 15 is 0 Å². The summed E-state index contributed by atoms with van der Waals surface area (Å²) in [6.07, 6.45) is -4.78. The van der Waals surface area contributed by atoms with Gasteiger partial charge in [-0.25, -0.2) is 19.6 Å². The van der Waals surface area contributed by atoms with Gasteiger partial charge in [-0.15, -0.1) is 0 Å². The summed E-state index contributed by atoms with van der Waals surface area (Å²) in [5, 5.41) is 7.99. The first kappa shape index (κ1) is 10.4. The number of aromatic carboxylic acids is 1. The molecule has 8 nitrogen and oxygen atoms in total. The van der Waals surface area contributed by atoms with Gasteiger partial charge in [0.05, 0.1) is 33.1 Å². The maximum atomic E-state index is 11.3. The summed E-state index contributed by atoms with van der Waals surface area (Å²) in [5.41, 5.74) is -0.344. The first-order chi connectivity index (χ1) is 19.1. The Morgan fingerprint density at radius 1 is 1.00 bits per heavy atom. The van der Waals surface area contributed by atoms with Crippen LogP contribution in [-0.2, 0) is 4.74 Å². The number of rotatable bonds is 6. The first-order valence-electron chi connectivity index (χ1n) is 14.1. The van der Waals surface area contributed by atoms with Gasteiger partial charge < -0.3 is 19.3 Å². The zero-order valence-corrected chi connectivity index (χ0v) is 16.0. The molecule has 0 radical (unpaired) electrons. The molecule has 0 fully saturated rings. The zero-order valence-electron chi connectivity index (χ0n) is 28.4. The van der Waals surface area contributed by atoms with Gasteiger partial charge in [0.15, 0.2) is 0 Å². The number of pyridine rings is 2. The summed E-state index contributed by atoms with van der Waals surface area (Å²) >= 11 is 11.5. The second-order valence-electron chi connectivity index (χ2n) is 4.68. The first-order valence-corrected chi connectivity index (χ1v) is 7.89. The molecular weight excluding hydrogens is 423 g/mol. The summed E-state index contributed by atoms with van der Waals surface area (Å²) in [6.45, 7) is -13.2. The number of aromatic nitrogens is 2. The molecule has 2 heterocycles. The zero-order chi connectivity index (χ0) is 34.0. The lowest BCUT2D eigenvalue weighted by Gasteiger charge is -2.10. The fourth-order valence-corrected chi connectivity index (χ4v) is 1.95. The molecular formula is C19H22Cl2N2O6. The molecule has 0 spiro atoms. The predicted octanol–water partition coefficient (Wildman–Crippen LogP) is 4.53. The SMILES string of the molecule is [2H]C([2H])([2H])C([2H])(Oc1ncc(C(=O)O)cc1Cl)C([2H])([2H])[2H].[2H]C([2H])([2H])C([2H])(Oc1ncc(C(=O)OC)cc1Cl)C([2H])([2H])[2H]. The number of ether oxygens (including phenoxy) is 3. The highest BCUT2D eigenvalue weighted by molar-refractivity contribution is 6.32. The lowest BCUT2D eigenvalue weighted by molar-refractivity contribution is 0.0599. The molecule has 2 aromatic rings. The van der Waals surface area contributed by atoms with E-state index in [1.807, 2.05) is 0 Å². The molecule has 0 aliphatic rings. The topological polar surface area (TPSA) is 108 Å².